The summed E-state index contributed by atoms with van der Waals surface area (Å²) in [5.74, 6) is 0. The van der Waals surface area contributed by atoms with E-state index in [0.29, 0.717) is 5.57 Å². The largest absolute Gasteiger partial charge is 0.298 e. The van der Waals surface area contributed by atoms with Crippen molar-refractivity contribution in [3.05, 3.63) is 11.6 Å². The Morgan fingerprint density at radius 3 is 2.40 bits per heavy atom. The maximum absolute atomic E-state index is 10.8. The van der Waals surface area contributed by atoms with Crippen LogP contribution in [0.2, 0.25) is 0 Å². The van der Waals surface area contributed by atoms with E-state index < -0.39 is 0 Å². The summed E-state index contributed by atoms with van der Waals surface area (Å²) in [5.41, 5.74) is 0.586. The van der Waals surface area contributed by atoms with Crippen molar-refractivity contribution in [2.75, 3.05) is 0 Å². The lowest BCUT2D eigenvalue weighted by molar-refractivity contribution is -0.107. The fraction of sp³-hybridized carbons (Fsp3) is 0.429. The van der Waals surface area contributed by atoms with Crippen LogP contribution in [0, 0.1) is 0 Å². The van der Waals surface area contributed by atoms with Crippen LogP contribution in [0.1, 0.15) is 13.8 Å². The first-order chi connectivity index (χ1) is 4.56. The zero-order chi connectivity index (χ0) is 7.78. The summed E-state index contributed by atoms with van der Waals surface area (Å²) in [6, 6.07) is 0. The summed E-state index contributed by atoms with van der Waals surface area (Å²) in [6.45, 7) is 3.73. The van der Waals surface area contributed by atoms with Crippen LogP contribution >= 0.6 is 11.8 Å². The lowest BCUT2D eigenvalue weighted by Crippen LogP contribution is -2.15. The van der Waals surface area contributed by atoms with Gasteiger partial charge in [0.1, 0.15) is 6.29 Å². The number of rotatable bonds is 1. The molecule has 0 aliphatic carbocycles. The van der Waals surface area contributed by atoms with Crippen LogP contribution in [0.25, 0.3) is 0 Å². The third-order valence-corrected chi connectivity index (χ3v) is 2.52. The fourth-order valence-corrected chi connectivity index (χ4v) is 1.73. The third-order valence-electron chi connectivity index (χ3n) is 1.45. The van der Waals surface area contributed by atoms with Crippen LogP contribution in [0.5, 0.6) is 0 Å². The molecular formula is C7H8O2S. The molecular weight excluding hydrogens is 148 g/mol. The highest BCUT2D eigenvalue weighted by atomic mass is 32.2. The van der Waals surface area contributed by atoms with Gasteiger partial charge in [-0.15, -0.1) is 0 Å². The second kappa shape index (κ2) is 2.23. The standard InChI is InChI=1S/C7H8O2S/c1-7(2)5(4-8)3-6(9)10-7/h3-4H,1-2H3. The second-order valence-corrected chi connectivity index (χ2v) is 4.28. The van der Waals surface area contributed by atoms with Gasteiger partial charge in [0.05, 0.1) is 0 Å². The fourth-order valence-electron chi connectivity index (χ4n) is 0.817. The minimum absolute atomic E-state index is 0.0212. The molecule has 10 heavy (non-hydrogen) atoms. The zero-order valence-electron chi connectivity index (χ0n) is 5.88. The van der Waals surface area contributed by atoms with Crippen molar-refractivity contribution in [1.82, 2.24) is 0 Å². The molecule has 0 saturated carbocycles. The van der Waals surface area contributed by atoms with Crippen LogP contribution in [-0.4, -0.2) is 16.1 Å². The van der Waals surface area contributed by atoms with E-state index >= 15 is 0 Å². The second-order valence-electron chi connectivity index (χ2n) is 2.65. The highest BCUT2D eigenvalue weighted by molar-refractivity contribution is 8.15. The Balaban J connectivity index is 2.96. The lowest BCUT2D eigenvalue weighted by Gasteiger charge is -2.14. The molecule has 1 rings (SSSR count). The van der Waals surface area contributed by atoms with Crippen molar-refractivity contribution in [2.24, 2.45) is 0 Å². The van der Waals surface area contributed by atoms with Gasteiger partial charge in [0.15, 0.2) is 0 Å². The van der Waals surface area contributed by atoms with Gasteiger partial charge in [0.25, 0.3) is 0 Å². The summed E-state index contributed by atoms with van der Waals surface area (Å²) in [5, 5.41) is -0.0212. The van der Waals surface area contributed by atoms with Gasteiger partial charge in [-0.25, -0.2) is 0 Å². The highest BCUT2D eigenvalue weighted by Crippen LogP contribution is 2.37. The van der Waals surface area contributed by atoms with E-state index in [1.165, 1.54) is 17.8 Å². The van der Waals surface area contributed by atoms with Crippen molar-refractivity contribution in [1.29, 1.82) is 0 Å². The minimum atomic E-state index is -0.307. The van der Waals surface area contributed by atoms with Gasteiger partial charge in [-0.05, 0) is 13.8 Å². The predicted octanol–water partition coefficient (Wildman–Crippen LogP) is 1.16. The molecule has 0 spiro atoms. The number of carbonyl (C=O) groups is 2. The topological polar surface area (TPSA) is 34.1 Å². The quantitative estimate of drug-likeness (QED) is 0.534. The van der Waals surface area contributed by atoms with Crippen LogP contribution in [0.4, 0.5) is 0 Å². The Hall–Kier alpha value is -0.570. The number of aldehydes is 1. The Bertz CT molecular complexity index is 216. The van der Waals surface area contributed by atoms with Gasteiger partial charge in [-0.2, -0.15) is 0 Å². The normalized spacial score (nSPS) is 22.6. The smallest absolute Gasteiger partial charge is 0.213 e. The molecule has 0 aromatic carbocycles. The summed E-state index contributed by atoms with van der Waals surface area (Å²) in [4.78, 5) is 21.1. The molecule has 0 saturated heterocycles. The lowest BCUT2D eigenvalue weighted by atomic mass is 10.0. The molecule has 0 atom stereocenters. The predicted molar refractivity (Wildman–Crippen MR) is 40.8 cm³/mol. The molecule has 0 fully saturated rings. The van der Waals surface area contributed by atoms with Gasteiger partial charge < -0.3 is 0 Å². The van der Waals surface area contributed by atoms with Crippen molar-refractivity contribution < 1.29 is 9.59 Å². The molecule has 0 amide bonds. The molecule has 1 heterocycles. The molecule has 0 unspecified atom stereocenters. The van der Waals surface area contributed by atoms with Gasteiger partial charge >= 0.3 is 0 Å². The minimum Gasteiger partial charge on any atom is -0.298 e. The molecule has 54 valence electrons. The number of thioether (sulfide) groups is 1. The molecule has 3 heteroatoms. The van der Waals surface area contributed by atoms with E-state index in [1.807, 2.05) is 13.8 Å². The van der Waals surface area contributed by atoms with Crippen molar-refractivity contribution in [3.63, 3.8) is 0 Å². The Morgan fingerprint density at radius 1 is 1.60 bits per heavy atom. The zero-order valence-corrected chi connectivity index (χ0v) is 6.70. The van der Waals surface area contributed by atoms with E-state index in [-0.39, 0.29) is 9.86 Å². The SMILES string of the molecule is CC1(C)SC(=O)C=C1C=O. The Kier molecular flexibility index (Phi) is 1.68. The van der Waals surface area contributed by atoms with Crippen molar-refractivity contribution in [2.45, 2.75) is 18.6 Å². The first kappa shape index (κ1) is 7.54. The van der Waals surface area contributed by atoms with E-state index in [9.17, 15) is 9.59 Å². The molecule has 0 N–H and O–H groups in total. The van der Waals surface area contributed by atoms with Gasteiger partial charge in [-0.1, -0.05) is 11.8 Å². The highest BCUT2D eigenvalue weighted by Gasteiger charge is 2.32. The molecule has 0 aromatic heterocycles. The summed E-state index contributed by atoms with van der Waals surface area (Å²) in [6.07, 6.45) is 2.15. The van der Waals surface area contributed by atoms with Crippen LogP contribution in [0.15, 0.2) is 11.6 Å². The molecule has 0 radical (unpaired) electrons. The van der Waals surface area contributed by atoms with E-state index in [2.05, 4.69) is 0 Å². The average molecular weight is 156 g/mol. The third kappa shape index (κ3) is 1.14. The number of hydrogen-bond acceptors (Lipinski definition) is 3. The Labute approximate surface area is 63.7 Å². The van der Waals surface area contributed by atoms with Crippen LogP contribution < -0.4 is 0 Å². The molecule has 1 aliphatic heterocycles. The molecule has 2 nitrogen and oxygen atoms in total. The number of hydrogen-bond donors (Lipinski definition) is 0. The van der Waals surface area contributed by atoms with E-state index in [4.69, 9.17) is 0 Å². The average Bonchev–Trinajstić information content (AvgIpc) is 2.04. The van der Waals surface area contributed by atoms with Crippen LogP contribution in [0.3, 0.4) is 0 Å². The molecule has 0 aromatic rings. The van der Waals surface area contributed by atoms with Gasteiger partial charge in [-0.3, -0.25) is 9.59 Å². The monoisotopic (exact) mass is 156 g/mol. The van der Waals surface area contributed by atoms with Crippen molar-refractivity contribution in [3.8, 4) is 0 Å². The molecule has 1 aliphatic rings. The summed E-state index contributed by atoms with van der Waals surface area (Å²) < 4.78 is -0.307. The Morgan fingerprint density at radius 2 is 2.20 bits per heavy atom. The van der Waals surface area contributed by atoms with E-state index in [0.717, 1.165) is 6.29 Å². The van der Waals surface area contributed by atoms with Crippen LogP contribution in [-0.2, 0) is 9.59 Å². The first-order valence-electron chi connectivity index (χ1n) is 2.96. The number of carbonyl (C=O) groups excluding carboxylic acids is 2. The molecule has 0 bridgehead atoms. The van der Waals surface area contributed by atoms with Gasteiger partial charge in [0, 0.05) is 16.4 Å². The summed E-state index contributed by atoms with van der Waals surface area (Å²) >= 11 is 1.19. The van der Waals surface area contributed by atoms with E-state index in [1.54, 1.807) is 0 Å². The maximum atomic E-state index is 10.8. The maximum Gasteiger partial charge on any atom is 0.213 e. The first-order valence-corrected chi connectivity index (χ1v) is 3.78. The van der Waals surface area contributed by atoms with Crippen molar-refractivity contribution >= 4 is 23.2 Å². The van der Waals surface area contributed by atoms with Gasteiger partial charge in [0.2, 0.25) is 5.12 Å². The summed E-state index contributed by atoms with van der Waals surface area (Å²) in [7, 11) is 0.